The molecule has 160 valence electrons. The summed E-state index contributed by atoms with van der Waals surface area (Å²) < 4.78 is 24.7. The van der Waals surface area contributed by atoms with E-state index in [9.17, 15) is 4.39 Å². The lowest BCUT2D eigenvalue weighted by atomic mass is 10.2. The van der Waals surface area contributed by atoms with E-state index in [0.29, 0.717) is 24.5 Å². The van der Waals surface area contributed by atoms with E-state index in [2.05, 4.69) is 34.4 Å². The van der Waals surface area contributed by atoms with E-state index in [0.717, 1.165) is 38.6 Å². The molecule has 3 unspecified atom stereocenters. The van der Waals surface area contributed by atoms with Crippen LogP contribution >= 0.6 is 24.0 Å². The summed E-state index contributed by atoms with van der Waals surface area (Å²) in [6, 6.07) is 6.18. The maximum absolute atomic E-state index is 13.2. The molecule has 0 aliphatic carbocycles. The lowest BCUT2D eigenvalue weighted by molar-refractivity contribution is -0.0679. The summed E-state index contributed by atoms with van der Waals surface area (Å²) in [5.74, 6) is 0.976. The highest BCUT2D eigenvalue weighted by Gasteiger charge is 2.21. The van der Waals surface area contributed by atoms with Crippen LogP contribution in [-0.4, -0.2) is 68.9 Å². The number of ether oxygens (including phenoxy) is 2. The van der Waals surface area contributed by atoms with Crippen LogP contribution in [0, 0.1) is 5.82 Å². The Labute approximate surface area is 185 Å². The quantitative estimate of drug-likeness (QED) is 0.245. The molecule has 6 nitrogen and oxygen atoms in total. The molecule has 0 bridgehead atoms. The van der Waals surface area contributed by atoms with Gasteiger partial charge in [0, 0.05) is 39.3 Å². The molecule has 28 heavy (non-hydrogen) atoms. The third-order valence-electron chi connectivity index (χ3n) is 4.35. The second kappa shape index (κ2) is 13.2. The lowest BCUT2D eigenvalue weighted by Crippen LogP contribution is -2.46. The van der Waals surface area contributed by atoms with Gasteiger partial charge in [-0.05, 0) is 39.3 Å². The van der Waals surface area contributed by atoms with Crippen LogP contribution in [0.2, 0.25) is 0 Å². The molecule has 1 aliphatic rings. The Balaban J connectivity index is 0.00000392. The second-order valence-corrected chi connectivity index (χ2v) is 7.14. The number of morpholine rings is 1. The summed E-state index contributed by atoms with van der Waals surface area (Å²) in [7, 11) is 1.75. The summed E-state index contributed by atoms with van der Waals surface area (Å²) in [6.45, 7) is 10.6. The van der Waals surface area contributed by atoms with Crippen molar-refractivity contribution in [3.63, 3.8) is 0 Å². The van der Waals surface area contributed by atoms with Gasteiger partial charge in [0.15, 0.2) is 5.96 Å². The molecule has 3 atom stereocenters. The number of nitrogens with one attached hydrogen (secondary N) is 2. The molecular weight excluding hydrogens is 474 g/mol. The number of nitrogens with zero attached hydrogens (tertiary/aromatic N) is 2. The summed E-state index contributed by atoms with van der Waals surface area (Å²) >= 11 is 0. The van der Waals surface area contributed by atoms with Crippen molar-refractivity contribution in [2.45, 2.75) is 45.5 Å². The Morgan fingerprint density at radius 2 is 2.04 bits per heavy atom. The highest BCUT2D eigenvalue weighted by atomic mass is 127. The predicted molar refractivity (Wildman–Crippen MR) is 122 cm³/mol. The molecular formula is C20H34FIN4O2. The predicted octanol–water partition coefficient (Wildman–Crippen LogP) is 2.88. The van der Waals surface area contributed by atoms with Crippen LogP contribution in [0.3, 0.4) is 0 Å². The monoisotopic (exact) mass is 508 g/mol. The van der Waals surface area contributed by atoms with Gasteiger partial charge in [-0.3, -0.25) is 9.89 Å². The molecule has 0 radical (unpaired) electrons. The van der Waals surface area contributed by atoms with E-state index in [-0.39, 0.29) is 35.9 Å². The highest BCUT2D eigenvalue weighted by Crippen LogP contribution is 2.13. The Bertz CT molecular complexity index is 595. The van der Waals surface area contributed by atoms with Gasteiger partial charge in [0.05, 0.1) is 18.8 Å². The number of guanidine groups is 1. The molecule has 1 aromatic carbocycles. The van der Waals surface area contributed by atoms with E-state index in [4.69, 9.17) is 9.47 Å². The molecule has 2 N–H and O–H groups in total. The maximum atomic E-state index is 13.2. The number of aliphatic imine (C=N–C) groups is 1. The Hall–Kier alpha value is -1.13. The summed E-state index contributed by atoms with van der Waals surface area (Å²) in [5, 5.41) is 6.57. The van der Waals surface area contributed by atoms with Gasteiger partial charge in [0.1, 0.15) is 17.7 Å². The minimum Gasteiger partial charge on any atom is -0.489 e. The average Bonchev–Trinajstić information content (AvgIpc) is 2.60. The lowest BCUT2D eigenvalue weighted by Gasteiger charge is -2.35. The molecule has 2 rings (SSSR count). The minimum absolute atomic E-state index is 0. The third-order valence-corrected chi connectivity index (χ3v) is 4.35. The Kier molecular flexibility index (Phi) is 11.7. The molecule has 1 fully saturated rings. The third kappa shape index (κ3) is 9.38. The fraction of sp³-hybridized carbons (Fsp3) is 0.650. The van der Waals surface area contributed by atoms with E-state index < -0.39 is 0 Å². The van der Waals surface area contributed by atoms with Gasteiger partial charge in [-0.1, -0.05) is 6.07 Å². The van der Waals surface area contributed by atoms with Crippen LogP contribution in [-0.2, 0) is 4.74 Å². The van der Waals surface area contributed by atoms with Gasteiger partial charge < -0.3 is 20.1 Å². The van der Waals surface area contributed by atoms with E-state index in [1.54, 1.807) is 19.2 Å². The zero-order valence-corrected chi connectivity index (χ0v) is 19.6. The number of rotatable bonds is 8. The van der Waals surface area contributed by atoms with Crippen molar-refractivity contribution in [2.75, 3.05) is 39.8 Å². The molecule has 1 aliphatic heterocycles. The van der Waals surface area contributed by atoms with Crippen molar-refractivity contribution in [3.8, 4) is 5.75 Å². The first-order chi connectivity index (χ1) is 13.0. The number of halogens is 2. The minimum atomic E-state index is -0.297. The first-order valence-corrected chi connectivity index (χ1v) is 9.70. The first kappa shape index (κ1) is 24.9. The molecule has 8 heteroatoms. The van der Waals surface area contributed by atoms with Gasteiger partial charge >= 0.3 is 0 Å². The van der Waals surface area contributed by atoms with Gasteiger partial charge in [0.2, 0.25) is 0 Å². The molecule has 1 heterocycles. The van der Waals surface area contributed by atoms with Crippen LogP contribution in [0.1, 0.15) is 27.2 Å². The zero-order valence-electron chi connectivity index (χ0n) is 17.3. The maximum Gasteiger partial charge on any atom is 0.191 e. The average molecular weight is 508 g/mol. The first-order valence-electron chi connectivity index (χ1n) is 9.70. The van der Waals surface area contributed by atoms with Crippen molar-refractivity contribution >= 4 is 29.9 Å². The second-order valence-electron chi connectivity index (χ2n) is 7.14. The van der Waals surface area contributed by atoms with Crippen LogP contribution in [0.4, 0.5) is 4.39 Å². The van der Waals surface area contributed by atoms with Crippen LogP contribution in [0.25, 0.3) is 0 Å². The van der Waals surface area contributed by atoms with Gasteiger partial charge in [0.25, 0.3) is 0 Å². The molecule has 0 amide bonds. The molecule has 0 aromatic heterocycles. The highest BCUT2D eigenvalue weighted by molar-refractivity contribution is 14.0. The number of hydrogen-bond acceptors (Lipinski definition) is 4. The van der Waals surface area contributed by atoms with Crippen LogP contribution in [0.15, 0.2) is 29.3 Å². The van der Waals surface area contributed by atoms with Crippen LogP contribution < -0.4 is 15.4 Å². The smallest absolute Gasteiger partial charge is 0.191 e. The van der Waals surface area contributed by atoms with E-state index >= 15 is 0 Å². The fourth-order valence-electron chi connectivity index (χ4n) is 3.25. The van der Waals surface area contributed by atoms with Crippen molar-refractivity contribution < 1.29 is 13.9 Å². The van der Waals surface area contributed by atoms with Crippen molar-refractivity contribution in [2.24, 2.45) is 4.99 Å². The number of benzene rings is 1. The Morgan fingerprint density at radius 1 is 1.32 bits per heavy atom. The molecule has 1 saturated heterocycles. The Morgan fingerprint density at radius 3 is 2.68 bits per heavy atom. The van der Waals surface area contributed by atoms with Crippen molar-refractivity contribution in [3.05, 3.63) is 30.1 Å². The van der Waals surface area contributed by atoms with E-state index in [1.807, 2.05) is 6.92 Å². The SMILES string of the molecule is CN=C(NCCCN1CC(C)OC(C)C1)NCC(C)Oc1cccc(F)c1.I. The van der Waals surface area contributed by atoms with Gasteiger partial charge in [-0.25, -0.2) is 4.39 Å². The summed E-state index contributed by atoms with van der Waals surface area (Å²) in [5.41, 5.74) is 0. The zero-order chi connectivity index (χ0) is 19.6. The van der Waals surface area contributed by atoms with Gasteiger partial charge in [-0.15, -0.1) is 24.0 Å². The molecule has 0 saturated carbocycles. The summed E-state index contributed by atoms with van der Waals surface area (Å²) in [6.07, 6.45) is 1.53. The number of hydrogen-bond donors (Lipinski definition) is 2. The fourth-order valence-corrected chi connectivity index (χ4v) is 3.25. The molecule has 0 spiro atoms. The van der Waals surface area contributed by atoms with E-state index in [1.165, 1.54) is 12.1 Å². The van der Waals surface area contributed by atoms with Crippen molar-refractivity contribution in [1.29, 1.82) is 0 Å². The van der Waals surface area contributed by atoms with Gasteiger partial charge in [-0.2, -0.15) is 0 Å². The normalized spacial score (nSPS) is 21.5. The largest absolute Gasteiger partial charge is 0.489 e. The topological polar surface area (TPSA) is 58.1 Å². The molecule has 1 aromatic rings. The van der Waals surface area contributed by atoms with Crippen LogP contribution in [0.5, 0.6) is 5.75 Å². The summed E-state index contributed by atoms with van der Waals surface area (Å²) in [4.78, 5) is 6.68. The van der Waals surface area contributed by atoms with Crippen molar-refractivity contribution in [1.82, 2.24) is 15.5 Å². The standard InChI is InChI=1S/C20H33FN4O2.HI/c1-15(27-19-8-5-7-18(21)11-19)12-24-20(22-4)23-9-6-10-25-13-16(2)26-17(3)14-25;/h5,7-8,11,15-17H,6,9-10,12-14H2,1-4H3,(H2,22,23,24);1H.